The summed E-state index contributed by atoms with van der Waals surface area (Å²) in [5.74, 6) is -6.43. The summed E-state index contributed by atoms with van der Waals surface area (Å²) in [6, 6.07) is 4.98. The normalized spacial score (nSPS) is 12.4. The first-order chi connectivity index (χ1) is 18.7. The molecule has 0 fully saturated rings. The summed E-state index contributed by atoms with van der Waals surface area (Å²) >= 11 is 0. The van der Waals surface area contributed by atoms with Gasteiger partial charge in [-0.05, 0) is 44.9 Å². The standard InChI is InChI=1S/C29H32F4N4O3/c1-15(2)40-21-8-7-16(11-17(21)13-34)27(39)35-18(9-10-38)12-19-23(30)25(32)22(26(33)24(19)31)20-14-37(6)28(36-20)29(3,4)5/h7-8,11,14-15,18,38H,9-10,12H2,1-6H3,(H,35,39). The van der Waals surface area contributed by atoms with Gasteiger partial charge in [-0.1, -0.05) is 20.8 Å². The highest BCUT2D eigenvalue weighted by atomic mass is 19.2. The van der Waals surface area contributed by atoms with Crippen LogP contribution in [-0.4, -0.2) is 39.3 Å². The molecule has 0 aliphatic heterocycles. The fraction of sp³-hybridized carbons (Fsp3) is 0.414. The van der Waals surface area contributed by atoms with Gasteiger partial charge >= 0.3 is 0 Å². The van der Waals surface area contributed by atoms with Gasteiger partial charge in [-0.3, -0.25) is 4.79 Å². The van der Waals surface area contributed by atoms with Crippen molar-refractivity contribution < 1.29 is 32.2 Å². The topological polar surface area (TPSA) is 100 Å². The Morgan fingerprint density at radius 2 is 1.77 bits per heavy atom. The molecule has 0 bridgehead atoms. The molecule has 40 heavy (non-hydrogen) atoms. The van der Waals surface area contributed by atoms with Gasteiger partial charge in [0.2, 0.25) is 0 Å². The molecule has 0 saturated carbocycles. The van der Waals surface area contributed by atoms with Crippen molar-refractivity contribution >= 4 is 5.91 Å². The Morgan fingerprint density at radius 1 is 1.15 bits per heavy atom. The summed E-state index contributed by atoms with van der Waals surface area (Å²) in [4.78, 5) is 17.1. The summed E-state index contributed by atoms with van der Waals surface area (Å²) < 4.78 is 67.8. The highest BCUT2D eigenvalue weighted by Crippen LogP contribution is 2.34. The van der Waals surface area contributed by atoms with Gasteiger partial charge in [0.15, 0.2) is 23.3 Å². The molecule has 214 valence electrons. The number of carbonyl (C=O) groups is 1. The quantitative estimate of drug-likeness (QED) is 0.273. The summed E-state index contributed by atoms with van der Waals surface area (Å²) in [7, 11) is 1.61. The van der Waals surface area contributed by atoms with E-state index in [1.54, 1.807) is 20.9 Å². The summed E-state index contributed by atoms with van der Waals surface area (Å²) in [6.07, 6.45) is 0.274. The van der Waals surface area contributed by atoms with E-state index in [2.05, 4.69) is 10.3 Å². The van der Waals surface area contributed by atoms with Crippen molar-refractivity contribution in [3.05, 3.63) is 70.2 Å². The molecular weight excluding hydrogens is 528 g/mol. The average Bonchev–Trinajstić information content (AvgIpc) is 3.27. The Balaban J connectivity index is 1.93. The van der Waals surface area contributed by atoms with Crippen LogP contribution in [-0.2, 0) is 18.9 Å². The molecule has 2 aromatic carbocycles. The monoisotopic (exact) mass is 560 g/mol. The van der Waals surface area contributed by atoms with Gasteiger partial charge in [-0.2, -0.15) is 5.26 Å². The highest BCUT2D eigenvalue weighted by molar-refractivity contribution is 5.95. The number of nitrogens with one attached hydrogen (secondary N) is 1. The van der Waals surface area contributed by atoms with Crippen LogP contribution in [0.1, 0.15) is 68.3 Å². The summed E-state index contributed by atoms with van der Waals surface area (Å²) in [6.45, 7) is 8.57. The maximum atomic E-state index is 15.2. The van der Waals surface area contributed by atoms with Crippen LogP contribution in [0.4, 0.5) is 17.6 Å². The SMILES string of the molecule is CC(C)Oc1ccc(C(=O)NC(CCO)Cc2c(F)c(F)c(-c3cn(C)c(C(C)(C)C)n3)c(F)c2F)cc1C#N. The molecular formula is C29H32F4N4O3. The number of halogens is 4. The number of aliphatic hydroxyl groups excluding tert-OH is 1. The molecule has 1 unspecified atom stereocenters. The van der Waals surface area contributed by atoms with Gasteiger partial charge in [0.25, 0.3) is 5.91 Å². The first-order valence-corrected chi connectivity index (χ1v) is 12.7. The van der Waals surface area contributed by atoms with Gasteiger partial charge in [-0.25, -0.2) is 22.5 Å². The lowest BCUT2D eigenvalue weighted by Crippen LogP contribution is -2.37. The van der Waals surface area contributed by atoms with Crippen molar-refractivity contribution in [2.75, 3.05) is 6.61 Å². The maximum absolute atomic E-state index is 15.2. The van der Waals surface area contributed by atoms with E-state index in [9.17, 15) is 15.2 Å². The number of hydrogen-bond donors (Lipinski definition) is 2. The molecule has 0 spiro atoms. The predicted octanol–water partition coefficient (Wildman–Crippen LogP) is 5.32. The number of nitrogens with zero attached hydrogens (tertiary/aromatic N) is 3. The van der Waals surface area contributed by atoms with Crippen LogP contribution in [0.15, 0.2) is 24.4 Å². The zero-order valence-electron chi connectivity index (χ0n) is 23.2. The number of aliphatic hydroxyl groups is 1. The Kier molecular flexibility index (Phi) is 9.25. The average molecular weight is 561 g/mol. The fourth-order valence-corrected chi connectivity index (χ4v) is 4.38. The van der Waals surface area contributed by atoms with Crippen molar-refractivity contribution in [1.82, 2.24) is 14.9 Å². The minimum atomic E-state index is -1.61. The Labute approximate surface area is 230 Å². The zero-order chi connectivity index (χ0) is 29.9. The molecule has 0 saturated heterocycles. The van der Waals surface area contributed by atoms with Crippen molar-refractivity contribution in [2.24, 2.45) is 7.05 Å². The van der Waals surface area contributed by atoms with Crippen LogP contribution in [0, 0.1) is 34.6 Å². The number of benzene rings is 2. The number of nitriles is 1. The smallest absolute Gasteiger partial charge is 0.251 e. The molecule has 7 nitrogen and oxygen atoms in total. The molecule has 1 amide bonds. The summed E-state index contributed by atoms with van der Waals surface area (Å²) in [5.41, 5.74) is -2.45. The molecule has 0 radical (unpaired) electrons. The molecule has 1 heterocycles. The minimum absolute atomic E-state index is 0.0500. The van der Waals surface area contributed by atoms with Crippen LogP contribution in [0.2, 0.25) is 0 Å². The number of imidazole rings is 1. The van der Waals surface area contributed by atoms with E-state index in [1.165, 1.54) is 29.0 Å². The first kappa shape index (κ1) is 30.6. The van der Waals surface area contributed by atoms with E-state index < -0.39 is 64.8 Å². The molecule has 3 rings (SSSR count). The number of aryl methyl sites for hydroxylation is 1. The molecule has 1 aromatic heterocycles. The van der Waals surface area contributed by atoms with Crippen LogP contribution in [0.3, 0.4) is 0 Å². The van der Waals surface area contributed by atoms with E-state index in [-0.39, 0.29) is 35.1 Å². The van der Waals surface area contributed by atoms with E-state index in [0.29, 0.717) is 5.82 Å². The highest BCUT2D eigenvalue weighted by Gasteiger charge is 2.31. The molecule has 2 N–H and O–H groups in total. The Hall–Kier alpha value is -3.91. The Bertz CT molecular complexity index is 1430. The number of aromatic nitrogens is 2. The molecule has 0 aliphatic carbocycles. The number of rotatable bonds is 9. The van der Waals surface area contributed by atoms with Crippen LogP contribution < -0.4 is 10.1 Å². The van der Waals surface area contributed by atoms with Crippen LogP contribution in [0.25, 0.3) is 11.3 Å². The third-order valence-corrected chi connectivity index (χ3v) is 6.15. The van der Waals surface area contributed by atoms with Gasteiger partial charge in [0.05, 0.1) is 22.9 Å². The Morgan fingerprint density at radius 3 is 2.27 bits per heavy atom. The predicted molar refractivity (Wildman–Crippen MR) is 141 cm³/mol. The fourth-order valence-electron chi connectivity index (χ4n) is 4.38. The number of carbonyl (C=O) groups excluding carboxylic acids is 1. The number of amides is 1. The molecule has 3 aromatic rings. The second-order valence-corrected chi connectivity index (χ2v) is 10.8. The molecule has 11 heteroatoms. The lowest BCUT2D eigenvalue weighted by atomic mass is 9.96. The zero-order valence-corrected chi connectivity index (χ0v) is 23.2. The second kappa shape index (κ2) is 12.1. The maximum Gasteiger partial charge on any atom is 0.251 e. The van der Waals surface area contributed by atoms with E-state index in [4.69, 9.17) is 4.74 Å². The van der Waals surface area contributed by atoms with Gasteiger partial charge < -0.3 is 19.7 Å². The molecule has 1 atom stereocenters. The third kappa shape index (κ3) is 6.45. The van der Waals surface area contributed by atoms with Gasteiger partial charge in [0, 0.05) is 42.4 Å². The van der Waals surface area contributed by atoms with E-state index in [0.717, 1.165) is 0 Å². The van der Waals surface area contributed by atoms with Crippen LogP contribution in [0.5, 0.6) is 5.75 Å². The van der Waals surface area contributed by atoms with Crippen LogP contribution >= 0.6 is 0 Å². The lowest BCUT2D eigenvalue weighted by Gasteiger charge is -2.20. The minimum Gasteiger partial charge on any atom is -0.490 e. The lowest BCUT2D eigenvalue weighted by molar-refractivity contribution is 0.0929. The summed E-state index contributed by atoms with van der Waals surface area (Å²) in [5, 5.41) is 21.4. The molecule has 0 aliphatic rings. The number of ether oxygens (including phenoxy) is 1. The first-order valence-electron chi connectivity index (χ1n) is 12.7. The van der Waals surface area contributed by atoms with Crippen molar-refractivity contribution in [3.63, 3.8) is 0 Å². The van der Waals surface area contributed by atoms with Gasteiger partial charge in [-0.15, -0.1) is 0 Å². The third-order valence-electron chi connectivity index (χ3n) is 6.15. The van der Waals surface area contributed by atoms with Crippen molar-refractivity contribution in [3.8, 4) is 23.1 Å². The second-order valence-electron chi connectivity index (χ2n) is 10.8. The van der Waals surface area contributed by atoms with Crippen molar-refractivity contribution in [1.29, 1.82) is 5.26 Å². The van der Waals surface area contributed by atoms with E-state index >= 15 is 17.6 Å². The van der Waals surface area contributed by atoms with E-state index in [1.807, 2.05) is 26.8 Å². The van der Waals surface area contributed by atoms with Crippen molar-refractivity contribution in [2.45, 2.75) is 65.0 Å². The largest absolute Gasteiger partial charge is 0.490 e. The number of hydrogen-bond acceptors (Lipinski definition) is 5. The van der Waals surface area contributed by atoms with Gasteiger partial charge in [0.1, 0.15) is 17.6 Å².